The Morgan fingerprint density at radius 3 is 3.00 bits per heavy atom. The Balaban J connectivity index is 1.59. The normalized spacial score (nSPS) is 17.0. The minimum absolute atomic E-state index is 0.122. The van der Waals surface area contributed by atoms with E-state index in [4.69, 9.17) is 4.74 Å². The van der Waals surface area contributed by atoms with Crippen LogP contribution in [0, 0.1) is 6.92 Å². The highest BCUT2D eigenvalue weighted by Crippen LogP contribution is 2.34. The zero-order valence-corrected chi connectivity index (χ0v) is 15.2. The summed E-state index contributed by atoms with van der Waals surface area (Å²) in [6.45, 7) is 2.77. The van der Waals surface area contributed by atoms with Gasteiger partial charge in [0.1, 0.15) is 11.4 Å². The molecule has 26 heavy (non-hydrogen) atoms. The molecular formula is C21H23N3O2. The number of methoxy groups -OCH3 is 1. The number of imidazole rings is 1. The second kappa shape index (κ2) is 6.83. The van der Waals surface area contributed by atoms with E-state index in [0.717, 1.165) is 47.7 Å². The molecule has 5 heteroatoms. The number of aromatic nitrogens is 2. The molecule has 1 aliphatic heterocycles. The average Bonchev–Trinajstić information content (AvgIpc) is 3.27. The van der Waals surface area contributed by atoms with Crippen LogP contribution in [0.5, 0.6) is 5.75 Å². The Kier molecular flexibility index (Phi) is 4.37. The van der Waals surface area contributed by atoms with Crippen LogP contribution in [0.25, 0.3) is 5.65 Å². The SMILES string of the molecule is COc1cccc([C@H]2CCCN2C(=O)Cc2c(C)nc3ccccn23)c1. The van der Waals surface area contributed by atoms with E-state index in [1.165, 1.54) is 0 Å². The second-order valence-electron chi connectivity index (χ2n) is 6.77. The number of hydrogen-bond acceptors (Lipinski definition) is 3. The molecular weight excluding hydrogens is 326 g/mol. The summed E-state index contributed by atoms with van der Waals surface area (Å²) in [5.41, 5.74) is 3.92. The number of hydrogen-bond donors (Lipinski definition) is 0. The molecule has 1 atom stereocenters. The van der Waals surface area contributed by atoms with Crippen LogP contribution in [0.1, 0.15) is 35.8 Å². The number of carbonyl (C=O) groups excluding carboxylic acids is 1. The maximum atomic E-state index is 13.1. The number of amides is 1. The molecule has 3 aromatic rings. The lowest BCUT2D eigenvalue weighted by molar-refractivity contribution is -0.131. The van der Waals surface area contributed by atoms with Crippen molar-refractivity contribution in [3.63, 3.8) is 0 Å². The van der Waals surface area contributed by atoms with Crippen molar-refractivity contribution in [3.05, 3.63) is 65.6 Å². The fourth-order valence-corrected chi connectivity index (χ4v) is 3.88. The van der Waals surface area contributed by atoms with Crippen molar-refractivity contribution < 1.29 is 9.53 Å². The molecule has 0 bridgehead atoms. The van der Waals surface area contributed by atoms with Crippen molar-refractivity contribution in [2.75, 3.05) is 13.7 Å². The van der Waals surface area contributed by atoms with Gasteiger partial charge in [0, 0.05) is 12.7 Å². The van der Waals surface area contributed by atoms with Gasteiger partial charge in [-0.2, -0.15) is 0 Å². The lowest BCUT2D eigenvalue weighted by Gasteiger charge is -2.25. The van der Waals surface area contributed by atoms with Crippen LogP contribution in [0.15, 0.2) is 48.7 Å². The molecule has 0 aliphatic carbocycles. The summed E-state index contributed by atoms with van der Waals surface area (Å²) in [6, 6.07) is 14.1. The largest absolute Gasteiger partial charge is 0.497 e. The van der Waals surface area contributed by atoms with E-state index in [1.54, 1.807) is 7.11 Å². The van der Waals surface area contributed by atoms with Gasteiger partial charge < -0.3 is 14.0 Å². The van der Waals surface area contributed by atoms with Gasteiger partial charge in [-0.05, 0) is 49.6 Å². The van der Waals surface area contributed by atoms with Gasteiger partial charge in [0.2, 0.25) is 5.91 Å². The summed E-state index contributed by atoms with van der Waals surface area (Å²) in [5, 5.41) is 0. The molecule has 1 aromatic carbocycles. The minimum atomic E-state index is 0.122. The second-order valence-corrected chi connectivity index (χ2v) is 6.77. The summed E-state index contributed by atoms with van der Waals surface area (Å²) >= 11 is 0. The summed E-state index contributed by atoms with van der Waals surface area (Å²) in [5.74, 6) is 0.989. The maximum Gasteiger partial charge on any atom is 0.229 e. The average molecular weight is 349 g/mol. The Morgan fingerprint density at radius 2 is 2.15 bits per heavy atom. The highest BCUT2D eigenvalue weighted by atomic mass is 16.5. The quantitative estimate of drug-likeness (QED) is 0.723. The molecule has 3 heterocycles. The number of likely N-dealkylation sites (tertiary alicyclic amines) is 1. The van der Waals surface area contributed by atoms with Gasteiger partial charge in [0.15, 0.2) is 0 Å². The highest BCUT2D eigenvalue weighted by Gasteiger charge is 2.30. The number of ether oxygens (including phenoxy) is 1. The van der Waals surface area contributed by atoms with Gasteiger partial charge >= 0.3 is 0 Å². The Morgan fingerprint density at radius 1 is 1.27 bits per heavy atom. The summed E-state index contributed by atoms with van der Waals surface area (Å²) in [4.78, 5) is 19.7. The molecule has 0 radical (unpaired) electrons. The van der Waals surface area contributed by atoms with Crippen LogP contribution < -0.4 is 4.74 Å². The van der Waals surface area contributed by atoms with Crippen LogP contribution in [-0.2, 0) is 11.2 Å². The predicted octanol–water partition coefficient (Wildman–Crippen LogP) is 3.56. The summed E-state index contributed by atoms with van der Waals surface area (Å²) in [6.07, 6.45) is 4.36. The minimum Gasteiger partial charge on any atom is -0.497 e. The van der Waals surface area contributed by atoms with Gasteiger partial charge in [-0.3, -0.25) is 4.79 Å². The van der Waals surface area contributed by atoms with E-state index in [9.17, 15) is 4.79 Å². The van der Waals surface area contributed by atoms with Crippen molar-refractivity contribution in [1.82, 2.24) is 14.3 Å². The molecule has 5 nitrogen and oxygen atoms in total. The standard InChI is InChI=1S/C21H23N3O2/c1-15-19(23-11-4-3-10-20(23)22-15)14-21(25)24-12-6-9-18(24)16-7-5-8-17(13-16)26-2/h3-5,7-8,10-11,13,18H,6,9,12,14H2,1-2H3/t18-/m1/s1. The zero-order chi connectivity index (χ0) is 18.1. The zero-order valence-electron chi connectivity index (χ0n) is 15.2. The number of nitrogens with zero attached hydrogens (tertiary/aromatic N) is 3. The molecule has 1 fully saturated rings. The van der Waals surface area contributed by atoms with Gasteiger partial charge in [0.25, 0.3) is 0 Å². The van der Waals surface area contributed by atoms with Gasteiger partial charge in [-0.15, -0.1) is 0 Å². The molecule has 134 valence electrons. The molecule has 0 N–H and O–H groups in total. The first-order valence-corrected chi connectivity index (χ1v) is 9.03. The van der Waals surface area contributed by atoms with Crippen molar-refractivity contribution in [2.45, 2.75) is 32.2 Å². The maximum absolute atomic E-state index is 13.1. The third-order valence-corrected chi connectivity index (χ3v) is 5.20. The van der Waals surface area contributed by atoms with Crippen LogP contribution >= 0.6 is 0 Å². The van der Waals surface area contributed by atoms with Crippen LogP contribution in [0.3, 0.4) is 0 Å². The summed E-state index contributed by atoms with van der Waals surface area (Å²) < 4.78 is 7.36. The molecule has 1 amide bonds. The third-order valence-electron chi connectivity index (χ3n) is 5.20. The number of pyridine rings is 1. The Bertz CT molecular complexity index is 947. The fourth-order valence-electron chi connectivity index (χ4n) is 3.88. The third kappa shape index (κ3) is 2.94. The van der Waals surface area contributed by atoms with E-state index >= 15 is 0 Å². The number of carbonyl (C=O) groups is 1. The van der Waals surface area contributed by atoms with Crippen molar-refractivity contribution in [3.8, 4) is 5.75 Å². The van der Waals surface area contributed by atoms with Gasteiger partial charge in [0.05, 0.1) is 31.0 Å². The molecule has 2 aromatic heterocycles. The molecule has 0 spiro atoms. The Hall–Kier alpha value is -2.82. The van der Waals surface area contributed by atoms with E-state index in [2.05, 4.69) is 11.1 Å². The number of fused-ring (bicyclic) bond motifs is 1. The van der Waals surface area contributed by atoms with E-state index < -0.39 is 0 Å². The lowest BCUT2D eigenvalue weighted by Crippen LogP contribution is -2.32. The number of rotatable bonds is 4. The van der Waals surface area contributed by atoms with Crippen LogP contribution in [0.2, 0.25) is 0 Å². The first-order valence-electron chi connectivity index (χ1n) is 9.03. The number of aryl methyl sites for hydroxylation is 1. The molecule has 0 saturated carbocycles. The molecule has 4 rings (SSSR count). The van der Waals surface area contributed by atoms with Crippen molar-refractivity contribution >= 4 is 11.6 Å². The van der Waals surface area contributed by atoms with Gasteiger partial charge in [-0.25, -0.2) is 4.98 Å². The van der Waals surface area contributed by atoms with E-state index in [0.29, 0.717) is 6.42 Å². The smallest absolute Gasteiger partial charge is 0.229 e. The first kappa shape index (κ1) is 16.6. The topological polar surface area (TPSA) is 46.8 Å². The fraction of sp³-hybridized carbons (Fsp3) is 0.333. The lowest BCUT2D eigenvalue weighted by atomic mass is 10.0. The molecule has 1 saturated heterocycles. The monoisotopic (exact) mass is 349 g/mol. The van der Waals surface area contributed by atoms with Gasteiger partial charge in [-0.1, -0.05) is 18.2 Å². The molecule has 0 unspecified atom stereocenters. The van der Waals surface area contributed by atoms with Crippen molar-refractivity contribution in [1.29, 1.82) is 0 Å². The van der Waals surface area contributed by atoms with E-state index in [1.807, 2.05) is 58.8 Å². The highest BCUT2D eigenvalue weighted by molar-refractivity contribution is 5.79. The molecule has 1 aliphatic rings. The Labute approximate surface area is 153 Å². The first-order chi connectivity index (χ1) is 12.7. The predicted molar refractivity (Wildman–Crippen MR) is 100 cm³/mol. The van der Waals surface area contributed by atoms with Crippen molar-refractivity contribution in [2.24, 2.45) is 0 Å². The number of benzene rings is 1. The van der Waals surface area contributed by atoms with E-state index in [-0.39, 0.29) is 11.9 Å². The van der Waals surface area contributed by atoms with Crippen LogP contribution in [0.4, 0.5) is 0 Å². The summed E-state index contributed by atoms with van der Waals surface area (Å²) in [7, 11) is 1.67. The van der Waals surface area contributed by atoms with Crippen LogP contribution in [-0.4, -0.2) is 33.8 Å².